The Kier molecular flexibility index (Phi) is 2.93. The number of rotatable bonds is 2. The average Bonchev–Trinajstić information content (AvgIpc) is 1.95. The maximum Gasteiger partial charge on any atom is 0.296 e. The molecule has 0 atom stereocenters. The Morgan fingerprint density at radius 1 is 1.36 bits per heavy atom. The zero-order valence-electron chi connectivity index (χ0n) is 6.59. The summed E-state index contributed by atoms with van der Waals surface area (Å²) in [5, 5.41) is 4.18. The fraction of sp³-hybridized carbons (Fsp3) is 0. The smallest absolute Gasteiger partial charge is 0.267 e. The van der Waals surface area contributed by atoms with Crippen LogP contribution in [0.4, 0.5) is 14.5 Å². The maximum absolute atomic E-state index is 12.9. The molecule has 3 N–H and O–H groups in total. The molecular formula is C6H5ClF2N2O2S. The first-order chi connectivity index (χ1) is 6.29. The van der Waals surface area contributed by atoms with Crippen LogP contribution in [0.5, 0.6) is 0 Å². The molecule has 1 aromatic carbocycles. The Balaban J connectivity index is 3.22. The molecule has 0 heterocycles. The SMILES string of the molecule is NS(=O)(=O)Nc1c(F)cc(F)cc1Cl. The predicted octanol–water partition coefficient (Wildman–Crippen LogP) is 1.23. The van der Waals surface area contributed by atoms with Gasteiger partial charge in [0.1, 0.15) is 11.5 Å². The Labute approximate surface area is 83.9 Å². The van der Waals surface area contributed by atoms with Crippen molar-refractivity contribution in [2.24, 2.45) is 5.14 Å². The molecule has 1 aromatic rings. The van der Waals surface area contributed by atoms with Crippen molar-refractivity contribution in [3.8, 4) is 0 Å². The van der Waals surface area contributed by atoms with Crippen molar-refractivity contribution in [1.82, 2.24) is 0 Å². The molecule has 4 nitrogen and oxygen atoms in total. The molecule has 0 radical (unpaired) electrons. The Morgan fingerprint density at radius 2 is 1.93 bits per heavy atom. The third-order valence-electron chi connectivity index (χ3n) is 1.25. The molecule has 8 heteroatoms. The molecule has 0 bridgehead atoms. The summed E-state index contributed by atoms with van der Waals surface area (Å²) in [6, 6.07) is 1.25. The molecule has 0 spiro atoms. The quantitative estimate of drug-likeness (QED) is 0.819. The second-order valence-corrected chi connectivity index (χ2v) is 4.09. The summed E-state index contributed by atoms with van der Waals surface area (Å²) in [5.41, 5.74) is -0.574. The molecule has 0 aliphatic carbocycles. The van der Waals surface area contributed by atoms with E-state index in [1.165, 1.54) is 0 Å². The zero-order chi connectivity index (χ0) is 10.9. The highest BCUT2D eigenvalue weighted by Gasteiger charge is 2.13. The van der Waals surface area contributed by atoms with Crippen LogP contribution in [0, 0.1) is 11.6 Å². The summed E-state index contributed by atoms with van der Waals surface area (Å²) < 4.78 is 48.1. The molecule has 14 heavy (non-hydrogen) atoms. The molecule has 1 rings (SSSR count). The van der Waals surface area contributed by atoms with Gasteiger partial charge in [0.25, 0.3) is 10.2 Å². The van der Waals surface area contributed by atoms with Crippen molar-refractivity contribution in [2.45, 2.75) is 0 Å². The van der Waals surface area contributed by atoms with Gasteiger partial charge < -0.3 is 0 Å². The number of hydrogen-bond acceptors (Lipinski definition) is 2. The first kappa shape index (κ1) is 11.2. The van der Waals surface area contributed by atoms with Crippen LogP contribution in [0.2, 0.25) is 5.02 Å². The van der Waals surface area contributed by atoms with E-state index >= 15 is 0 Å². The number of benzene rings is 1. The van der Waals surface area contributed by atoms with Crippen molar-refractivity contribution in [1.29, 1.82) is 0 Å². The normalized spacial score (nSPS) is 11.4. The fourth-order valence-electron chi connectivity index (χ4n) is 0.782. The minimum absolute atomic E-state index is 0.406. The number of anilines is 1. The zero-order valence-corrected chi connectivity index (χ0v) is 8.16. The molecule has 0 unspecified atom stereocenters. The second-order valence-electron chi connectivity index (χ2n) is 2.39. The van der Waals surface area contributed by atoms with E-state index in [2.05, 4.69) is 5.14 Å². The highest BCUT2D eigenvalue weighted by atomic mass is 35.5. The lowest BCUT2D eigenvalue weighted by molar-refractivity contribution is 0.583. The van der Waals surface area contributed by atoms with E-state index in [0.29, 0.717) is 6.07 Å². The van der Waals surface area contributed by atoms with Crippen LogP contribution < -0.4 is 9.86 Å². The van der Waals surface area contributed by atoms with E-state index in [-0.39, 0.29) is 0 Å². The van der Waals surface area contributed by atoms with Crippen molar-refractivity contribution in [3.05, 3.63) is 28.8 Å². The Hall–Kier alpha value is -0.920. The summed E-state index contributed by atoms with van der Waals surface area (Å²) in [5.74, 6) is -2.04. The standard InChI is InChI=1S/C6H5ClF2N2O2S/c7-4-1-3(8)2-5(9)6(4)11-14(10,12)13/h1-2,11H,(H2,10,12,13). The van der Waals surface area contributed by atoms with Crippen molar-refractivity contribution >= 4 is 27.5 Å². The van der Waals surface area contributed by atoms with Gasteiger partial charge in [-0.15, -0.1) is 0 Å². The Morgan fingerprint density at radius 3 is 2.36 bits per heavy atom. The van der Waals surface area contributed by atoms with Gasteiger partial charge in [-0.05, 0) is 6.07 Å². The minimum Gasteiger partial charge on any atom is -0.267 e. The number of halogens is 3. The summed E-state index contributed by atoms with van der Waals surface area (Å²) in [6.45, 7) is 0. The minimum atomic E-state index is -4.13. The lowest BCUT2D eigenvalue weighted by atomic mass is 10.3. The molecule has 0 amide bonds. The Bertz CT molecular complexity index is 440. The van der Waals surface area contributed by atoms with Crippen LogP contribution >= 0.6 is 11.6 Å². The van der Waals surface area contributed by atoms with E-state index in [4.69, 9.17) is 11.6 Å². The average molecular weight is 243 g/mol. The predicted molar refractivity (Wildman–Crippen MR) is 48.1 cm³/mol. The molecular weight excluding hydrogens is 238 g/mol. The van der Waals surface area contributed by atoms with E-state index in [0.717, 1.165) is 6.07 Å². The highest BCUT2D eigenvalue weighted by molar-refractivity contribution is 7.90. The summed E-state index contributed by atoms with van der Waals surface area (Å²) in [6.07, 6.45) is 0. The van der Waals surface area contributed by atoms with Gasteiger partial charge in [-0.3, -0.25) is 4.72 Å². The van der Waals surface area contributed by atoms with E-state index in [1.807, 2.05) is 0 Å². The van der Waals surface area contributed by atoms with Crippen LogP contribution in [-0.4, -0.2) is 8.42 Å². The third-order valence-corrected chi connectivity index (χ3v) is 2.04. The second kappa shape index (κ2) is 3.68. The van der Waals surface area contributed by atoms with Gasteiger partial charge >= 0.3 is 0 Å². The van der Waals surface area contributed by atoms with E-state index < -0.39 is 32.6 Å². The number of nitrogens with one attached hydrogen (secondary N) is 1. The maximum atomic E-state index is 12.9. The molecule has 78 valence electrons. The number of hydrogen-bond donors (Lipinski definition) is 2. The first-order valence-electron chi connectivity index (χ1n) is 3.24. The summed E-state index contributed by atoms with van der Waals surface area (Å²) >= 11 is 5.38. The molecule has 0 saturated heterocycles. The van der Waals surface area contributed by atoms with Crippen LogP contribution in [0.15, 0.2) is 12.1 Å². The largest absolute Gasteiger partial charge is 0.296 e. The molecule has 0 fully saturated rings. The van der Waals surface area contributed by atoms with Gasteiger partial charge in [-0.2, -0.15) is 8.42 Å². The topological polar surface area (TPSA) is 72.2 Å². The van der Waals surface area contributed by atoms with Crippen LogP contribution in [0.25, 0.3) is 0 Å². The molecule has 0 aliphatic heterocycles. The van der Waals surface area contributed by atoms with E-state index in [1.54, 1.807) is 4.72 Å². The van der Waals surface area contributed by atoms with Crippen molar-refractivity contribution < 1.29 is 17.2 Å². The third kappa shape index (κ3) is 2.79. The van der Waals surface area contributed by atoms with Gasteiger partial charge in [-0.25, -0.2) is 13.9 Å². The van der Waals surface area contributed by atoms with Gasteiger partial charge in [0.05, 0.1) is 5.02 Å². The van der Waals surface area contributed by atoms with Crippen LogP contribution in [0.3, 0.4) is 0 Å². The highest BCUT2D eigenvalue weighted by Crippen LogP contribution is 2.26. The fourth-order valence-corrected chi connectivity index (χ4v) is 1.57. The lowest BCUT2D eigenvalue weighted by Crippen LogP contribution is -2.22. The van der Waals surface area contributed by atoms with E-state index in [9.17, 15) is 17.2 Å². The van der Waals surface area contributed by atoms with Gasteiger partial charge in [-0.1, -0.05) is 11.6 Å². The summed E-state index contributed by atoms with van der Waals surface area (Å²) in [4.78, 5) is 0. The van der Waals surface area contributed by atoms with Crippen molar-refractivity contribution in [3.63, 3.8) is 0 Å². The van der Waals surface area contributed by atoms with Crippen LogP contribution in [0.1, 0.15) is 0 Å². The monoisotopic (exact) mass is 242 g/mol. The molecule has 0 saturated carbocycles. The lowest BCUT2D eigenvalue weighted by Gasteiger charge is -2.06. The van der Waals surface area contributed by atoms with Gasteiger partial charge in [0, 0.05) is 6.07 Å². The number of nitrogens with two attached hydrogens (primary N) is 1. The first-order valence-corrected chi connectivity index (χ1v) is 5.17. The molecule has 0 aromatic heterocycles. The van der Waals surface area contributed by atoms with Gasteiger partial charge in [0.2, 0.25) is 0 Å². The molecule has 0 aliphatic rings. The van der Waals surface area contributed by atoms with Gasteiger partial charge in [0.15, 0.2) is 5.82 Å². The van der Waals surface area contributed by atoms with Crippen molar-refractivity contribution in [2.75, 3.05) is 4.72 Å². The summed E-state index contributed by atoms with van der Waals surface area (Å²) in [7, 11) is -4.13. The van der Waals surface area contributed by atoms with Crippen LogP contribution in [-0.2, 0) is 10.2 Å².